The summed E-state index contributed by atoms with van der Waals surface area (Å²) in [7, 11) is 0. The van der Waals surface area contributed by atoms with Gasteiger partial charge in [0.1, 0.15) is 0 Å². The average Bonchev–Trinajstić information content (AvgIpc) is 2.90. The third-order valence-corrected chi connectivity index (χ3v) is 3.96. The van der Waals surface area contributed by atoms with Crippen LogP contribution in [0.4, 0.5) is 0 Å². The Balaban J connectivity index is 2.03. The van der Waals surface area contributed by atoms with E-state index in [1.54, 1.807) is 6.07 Å². The number of nitrogens with zero attached hydrogens (tertiary/aromatic N) is 3. The standard InChI is InChI=1S/C14H15ClN4O/c15-11-7-9(5-6-10(11)14(16)18-20)19-8-17-12-3-1-2-4-13(12)19/h5-8,20H,1-4H2,(H2,16,18). The van der Waals surface area contributed by atoms with Crippen LogP contribution in [-0.4, -0.2) is 20.6 Å². The first-order chi connectivity index (χ1) is 9.70. The Hall–Kier alpha value is -2.01. The lowest BCUT2D eigenvalue weighted by Crippen LogP contribution is -2.14. The number of fused-ring (bicyclic) bond motifs is 1. The second-order valence-corrected chi connectivity index (χ2v) is 5.27. The van der Waals surface area contributed by atoms with Gasteiger partial charge in [-0.1, -0.05) is 16.8 Å². The topological polar surface area (TPSA) is 76.4 Å². The summed E-state index contributed by atoms with van der Waals surface area (Å²) in [5.74, 6) is 0.00853. The van der Waals surface area contributed by atoms with Crippen molar-refractivity contribution in [1.82, 2.24) is 9.55 Å². The van der Waals surface area contributed by atoms with Crippen molar-refractivity contribution in [3.05, 3.63) is 46.5 Å². The van der Waals surface area contributed by atoms with Gasteiger partial charge in [-0.05, 0) is 43.9 Å². The smallest absolute Gasteiger partial charge is 0.171 e. The molecule has 0 amide bonds. The van der Waals surface area contributed by atoms with Crippen LogP contribution in [0.1, 0.15) is 29.8 Å². The van der Waals surface area contributed by atoms with Gasteiger partial charge < -0.3 is 15.5 Å². The van der Waals surface area contributed by atoms with E-state index in [1.807, 2.05) is 18.5 Å². The lowest BCUT2D eigenvalue weighted by Gasteiger charge is -2.14. The summed E-state index contributed by atoms with van der Waals surface area (Å²) >= 11 is 6.20. The maximum Gasteiger partial charge on any atom is 0.171 e. The first kappa shape index (κ1) is 13.0. The van der Waals surface area contributed by atoms with Crippen molar-refractivity contribution in [2.75, 3.05) is 0 Å². The number of amidine groups is 1. The molecule has 2 aromatic rings. The van der Waals surface area contributed by atoms with Crippen molar-refractivity contribution in [3.8, 4) is 5.69 Å². The van der Waals surface area contributed by atoms with Crippen LogP contribution in [0.3, 0.4) is 0 Å². The summed E-state index contributed by atoms with van der Waals surface area (Å²) in [5, 5.41) is 12.1. The van der Waals surface area contributed by atoms with Crippen LogP contribution in [-0.2, 0) is 12.8 Å². The van der Waals surface area contributed by atoms with Crippen LogP contribution in [0.25, 0.3) is 5.69 Å². The van der Waals surface area contributed by atoms with Crippen molar-refractivity contribution >= 4 is 17.4 Å². The summed E-state index contributed by atoms with van der Waals surface area (Å²) < 4.78 is 2.07. The molecule has 0 unspecified atom stereocenters. The number of oxime groups is 1. The van der Waals surface area contributed by atoms with Crippen LogP contribution in [0.5, 0.6) is 0 Å². The molecule has 0 aliphatic heterocycles. The average molecular weight is 291 g/mol. The highest BCUT2D eigenvalue weighted by molar-refractivity contribution is 6.34. The second-order valence-electron chi connectivity index (χ2n) is 4.86. The molecule has 0 fully saturated rings. The first-order valence-corrected chi connectivity index (χ1v) is 6.91. The van der Waals surface area contributed by atoms with E-state index < -0.39 is 0 Å². The van der Waals surface area contributed by atoms with E-state index in [4.69, 9.17) is 22.5 Å². The van der Waals surface area contributed by atoms with E-state index in [9.17, 15) is 0 Å². The lowest BCUT2D eigenvalue weighted by atomic mass is 10.0. The SMILES string of the molecule is N/C(=N/O)c1ccc(-n2cnc3c2CCCC3)cc1Cl. The molecule has 1 aliphatic carbocycles. The van der Waals surface area contributed by atoms with E-state index in [1.165, 1.54) is 24.2 Å². The maximum atomic E-state index is 8.71. The zero-order chi connectivity index (χ0) is 14.1. The molecule has 0 radical (unpaired) electrons. The van der Waals surface area contributed by atoms with Gasteiger partial charge in [0.2, 0.25) is 0 Å². The molecule has 0 saturated heterocycles. The summed E-state index contributed by atoms with van der Waals surface area (Å²) in [5.41, 5.74) is 9.46. The minimum Gasteiger partial charge on any atom is -0.409 e. The highest BCUT2D eigenvalue weighted by Gasteiger charge is 2.16. The predicted molar refractivity (Wildman–Crippen MR) is 77.7 cm³/mol. The molecule has 0 spiro atoms. The molecule has 1 heterocycles. The Labute approximate surface area is 121 Å². The number of nitrogens with two attached hydrogens (primary N) is 1. The minimum absolute atomic E-state index is 0.00853. The zero-order valence-electron chi connectivity index (χ0n) is 10.9. The van der Waals surface area contributed by atoms with Crippen LogP contribution in [0.15, 0.2) is 29.7 Å². The number of hydrogen-bond acceptors (Lipinski definition) is 3. The fraction of sp³-hybridized carbons (Fsp3) is 0.286. The monoisotopic (exact) mass is 290 g/mol. The van der Waals surface area contributed by atoms with Crippen molar-refractivity contribution < 1.29 is 5.21 Å². The van der Waals surface area contributed by atoms with Gasteiger partial charge in [-0.15, -0.1) is 0 Å². The van der Waals surface area contributed by atoms with Gasteiger partial charge in [-0.25, -0.2) is 4.98 Å². The number of benzene rings is 1. The van der Waals surface area contributed by atoms with Gasteiger partial charge in [0.25, 0.3) is 0 Å². The molecule has 6 heteroatoms. The summed E-state index contributed by atoms with van der Waals surface area (Å²) in [4.78, 5) is 4.47. The number of rotatable bonds is 2. The molecule has 1 aromatic heterocycles. The molecule has 104 valence electrons. The van der Waals surface area contributed by atoms with Gasteiger partial charge >= 0.3 is 0 Å². The van der Waals surface area contributed by atoms with Crippen LogP contribution in [0.2, 0.25) is 5.02 Å². The Morgan fingerprint density at radius 3 is 2.90 bits per heavy atom. The Kier molecular flexibility index (Phi) is 3.36. The van der Waals surface area contributed by atoms with E-state index in [2.05, 4.69) is 14.7 Å². The molecule has 1 aliphatic rings. The van der Waals surface area contributed by atoms with E-state index in [-0.39, 0.29) is 5.84 Å². The molecule has 1 aromatic carbocycles. The zero-order valence-corrected chi connectivity index (χ0v) is 11.6. The molecule has 0 saturated carbocycles. The third kappa shape index (κ3) is 2.14. The van der Waals surface area contributed by atoms with E-state index in [0.29, 0.717) is 10.6 Å². The molecule has 5 nitrogen and oxygen atoms in total. The van der Waals surface area contributed by atoms with Crippen LogP contribution >= 0.6 is 11.6 Å². The van der Waals surface area contributed by atoms with Crippen molar-refractivity contribution in [2.45, 2.75) is 25.7 Å². The predicted octanol–water partition coefficient (Wildman–Crippen LogP) is 2.50. The van der Waals surface area contributed by atoms with Crippen LogP contribution in [0, 0.1) is 0 Å². The molecule has 3 rings (SSSR count). The maximum absolute atomic E-state index is 8.71. The largest absolute Gasteiger partial charge is 0.409 e. The quantitative estimate of drug-likeness (QED) is 0.386. The van der Waals surface area contributed by atoms with Gasteiger partial charge in [-0.2, -0.15) is 0 Å². The molecule has 0 bridgehead atoms. The van der Waals surface area contributed by atoms with Crippen molar-refractivity contribution in [2.24, 2.45) is 10.9 Å². The fourth-order valence-corrected chi connectivity index (χ4v) is 2.88. The molecular formula is C14H15ClN4O. The number of hydrogen-bond donors (Lipinski definition) is 2. The summed E-state index contributed by atoms with van der Waals surface area (Å²) in [6.45, 7) is 0. The minimum atomic E-state index is 0.00853. The molecule has 3 N–H and O–H groups in total. The summed E-state index contributed by atoms with van der Waals surface area (Å²) in [6, 6.07) is 5.46. The molecular weight excluding hydrogens is 276 g/mol. The number of aromatic nitrogens is 2. The second kappa shape index (κ2) is 5.17. The number of aryl methyl sites for hydroxylation is 1. The van der Waals surface area contributed by atoms with Crippen molar-refractivity contribution in [3.63, 3.8) is 0 Å². The van der Waals surface area contributed by atoms with Gasteiger partial charge in [0.15, 0.2) is 5.84 Å². The Morgan fingerprint density at radius 2 is 2.15 bits per heavy atom. The number of imidazole rings is 1. The lowest BCUT2D eigenvalue weighted by molar-refractivity contribution is 0.318. The highest BCUT2D eigenvalue weighted by Crippen LogP contribution is 2.26. The van der Waals surface area contributed by atoms with Crippen molar-refractivity contribution in [1.29, 1.82) is 0 Å². The Bertz CT molecular complexity index is 678. The Morgan fingerprint density at radius 1 is 1.35 bits per heavy atom. The summed E-state index contributed by atoms with van der Waals surface area (Å²) in [6.07, 6.45) is 6.31. The van der Waals surface area contributed by atoms with E-state index >= 15 is 0 Å². The molecule has 0 atom stereocenters. The van der Waals surface area contributed by atoms with E-state index in [0.717, 1.165) is 18.5 Å². The molecule has 20 heavy (non-hydrogen) atoms. The van der Waals surface area contributed by atoms with Gasteiger partial charge in [0.05, 0.1) is 17.0 Å². The van der Waals surface area contributed by atoms with Crippen LogP contribution < -0.4 is 5.73 Å². The fourth-order valence-electron chi connectivity index (χ4n) is 2.61. The normalized spacial score (nSPS) is 15.2. The first-order valence-electron chi connectivity index (χ1n) is 6.53. The number of halogens is 1. The van der Waals surface area contributed by atoms with Gasteiger partial charge in [-0.3, -0.25) is 0 Å². The van der Waals surface area contributed by atoms with Gasteiger partial charge in [0, 0.05) is 16.9 Å². The third-order valence-electron chi connectivity index (χ3n) is 3.64. The highest BCUT2D eigenvalue weighted by atomic mass is 35.5.